The van der Waals surface area contributed by atoms with Crippen LogP contribution in [0.5, 0.6) is 5.75 Å². The van der Waals surface area contributed by atoms with E-state index in [1.165, 1.54) is 0 Å². The molecule has 0 radical (unpaired) electrons. The van der Waals surface area contributed by atoms with Crippen LogP contribution in [0.1, 0.15) is 5.56 Å². The molecule has 1 N–H and O–H groups in total. The number of aromatic nitrogens is 3. The fraction of sp³-hybridized carbons (Fsp3) is 0.125. The highest BCUT2D eigenvalue weighted by Gasteiger charge is 2.23. The monoisotopic (exact) mass is 341 g/mol. The second-order valence-electron chi connectivity index (χ2n) is 5.09. The summed E-state index contributed by atoms with van der Waals surface area (Å²) in [6.45, 7) is 0.124. The van der Waals surface area contributed by atoms with Crippen LogP contribution in [0.3, 0.4) is 0 Å². The number of hydrogen-bond acceptors (Lipinski definition) is 6. The molecule has 128 valence electrons. The first-order chi connectivity index (χ1) is 12.1. The van der Waals surface area contributed by atoms with Gasteiger partial charge in [-0.15, -0.1) is 0 Å². The van der Waals surface area contributed by atoms with Gasteiger partial charge in [-0.3, -0.25) is 4.99 Å². The molecular formula is C16H15N5O4. The summed E-state index contributed by atoms with van der Waals surface area (Å²) in [6.07, 6.45) is 0. The molecule has 2 aromatic carbocycles. The van der Waals surface area contributed by atoms with Crippen molar-refractivity contribution in [2.24, 2.45) is 4.99 Å². The summed E-state index contributed by atoms with van der Waals surface area (Å²) in [7, 11) is 1.55. The molecule has 0 bridgehead atoms. The van der Waals surface area contributed by atoms with E-state index in [-0.39, 0.29) is 12.0 Å². The van der Waals surface area contributed by atoms with E-state index in [1.807, 2.05) is 0 Å². The summed E-state index contributed by atoms with van der Waals surface area (Å²) in [6, 6.07) is 15.7. The van der Waals surface area contributed by atoms with Gasteiger partial charge in [-0.05, 0) is 39.5 Å². The first-order valence-electron chi connectivity index (χ1n) is 7.35. The first kappa shape index (κ1) is 16.2. The lowest BCUT2D eigenvalue weighted by atomic mass is 10.2. The highest BCUT2D eigenvalue weighted by atomic mass is 16.6. The third-order valence-electron chi connectivity index (χ3n) is 3.46. The van der Waals surface area contributed by atoms with E-state index < -0.39 is 10.7 Å². The molecular weight excluding hydrogens is 326 g/mol. The minimum Gasteiger partial charge on any atom is -0.497 e. The van der Waals surface area contributed by atoms with Crippen molar-refractivity contribution < 1.29 is 14.9 Å². The van der Waals surface area contributed by atoms with Crippen LogP contribution in [0, 0.1) is 10.1 Å². The maximum absolute atomic E-state index is 11.3. The summed E-state index contributed by atoms with van der Waals surface area (Å²) >= 11 is 0. The van der Waals surface area contributed by atoms with E-state index in [1.54, 1.807) is 61.7 Å². The normalized spacial score (nSPS) is 11.5. The molecule has 0 aliphatic rings. The minimum absolute atomic E-state index is 0.124. The Morgan fingerprint density at radius 1 is 1.24 bits per heavy atom. The Balaban J connectivity index is 2.05. The van der Waals surface area contributed by atoms with Crippen LogP contribution in [0.4, 0.5) is 5.82 Å². The van der Waals surface area contributed by atoms with Crippen molar-refractivity contribution in [2.45, 2.75) is 6.54 Å². The van der Waals surface area contributed by atoms with E-state index in [0.29, 0.717) is 16.3 Å². The zero-order valence-electron chi connectivity index (χ0n) is 13.3. The van der Waals surface area contributed by atoms with Gasteiger partial charge in [0.15, 0.2) is 0 Å². The largest absolute Gasteiger partial charge is 0.497 e. The van der Waals surface area contributed by atoms with E-state index in [0.717, 1.165) is 10.4 Å². The quantitative estimate of drug-likeness (QED) is 0.433. The maximum atomic E-state index is 11.3. The van der Waals surface area contributed by atoms with Crippen LogP contribution in [0.15, 0.2) is 59.6 Å². The maximum Gasteiger partial charge on any atom is 0.438 e. The van der Waals surface area contributed by atoms with Gasteiger partial charge in [0, 0.05) is 0 Å². The predicted octanol–water partition coefficient (Wildman–Crippen LogP) is 1.93. The molecule has 0 saturated carbocycles. The molecule has 9 nitrogen and oxygen atoms in total. The van der Waals surface area contributed by atoms with Crippen molar-refractivity contribution in [1.29, 1.82) is 0 Å². The van der Waals surface area contributed by atoms with Gasteiger partial charge in [0.25, 0.3) is 5.49 Å². The zero-order valence-corrected chi connectivity index (χ0v) is 13.3. The Kier molecular flexibility index (Phi) is 4.46. The van der Waals surface area contributed by atoms with Crippen molar-refractivity contribution in [3.8, 4) is 11.4 Å². The van der Waals surface area contributed by atoms with Gasteiger partial charge in [-0.25, -0.2) is 0 Å². The summed E-state index contributed by atoms with van der Waals surface area (Å²) in [5.74, 6) is 0.119. The SMILES string of the molecule is COc1cccc(CN=c2c([N+](=O)[O-])nn(-c3ccccc3)n2O)c1. The zero-order chi connectivity index (χ0) is 17.8. The Labute approximate surface area is 142 Å². The van der Waals surface area contributed by atoms with Crippen LogP contribution in [-0.4, -0.2) is 32.0 Å². The number of para-hydroxylation sites is 1. The van der Waals surface area contributed by atoms with E-state index in [9.17, 15) is 15.3 Å². The van der Waals surface area contributed by atoms with E-state index in [2.05, 4.69) is 10.1 Å². The molecule has 1 aromatic heterocycles. The van der Waals surface area contributed by atoms with Gasteiger partial charge < -0.3 is 20.1 Å². The molecule has 0 unspecified atom stereocenters. The Bertz CT molecular complexity index is 962. The molecule has 25 heavy (non-hydrogen) atoms. The van der Waals surface area contributed by atoms with Crippen molar-refractivity contribution in [3.05, 3.63) is 75.8 Å². The smallest absolute Gasteiger partial charge is 0.438 e. The number of hydrogen-bond donors (Lipinski definition) is 1. The number of methoxy groups -OCH3 is 1. The summed E-state index contributed by atoms with van der Waals surface area (Å²) in [5, 5.41) is 25.4. The lowest BCUT2D eigenvalue weighted by Crippen LogP contribution is -2.22. The highest BCUT2D eigenvalue weighted by Crippen LogP contribution is 2.13. The molecule has 0 spiro atoms. The van der Waals surface area contributed by atoms with E-state index >= 15 is 0 Å². The van der Waals surface area contributed by atoms with Crippen LogP contribution < -0.4 is 10.2 Å². The molecule has 0 aliphatic carbocycles. The minimum atomic E-state index is -0.684. The lowest BCUT2D eigenvalue weighted by Gasteiger charge is -2.01. The van der Waals surface area contributed by atoms with Crippen molar-refractivity contribution in [1.82, 2.24) is 14.7 Å². The highest BCUT2D eigenvalue weighted by molar-refractivity contribution is 5.30. The van der Waals surface area contributed by atoms with Gasteiger partial charge in [0.05, 0.1) is 18.8 Å². The molecule has 0 fully saturated rings. The topological polar surface area (TPSA) is 108 Å². The van der Waals surface area contributed by atoms with Gasteiger partial charge in [-0.2, -0.15) is 0 Å². The Morgan fingerprint density at radius 3 is 2.68 bits per heavy atom. The molecule has 3 rings (SSSR count). The van der Waals surface area contributed by atoms with Crippen molar-refractivity contribution >= 4 is 5.82 Å². The molecule has 1 heterocycles. The molecule has 0 aliphatic heterocycles. The predicted molar refractivity (Wildman–Crippen MR) is 87.7 cm³/mol. The van der Waals surface area contributed by atoms with Crippen molar-refractivity contribution in [3.63, 3.8) is 0 Å². The number of nitro groups is 1. The number of nitrogens with zero attached hydrogens (tertiary/aromatic N) is 5. The van der Waals surface area contributed by atoms with Crippen molar-refractivity contribution in [2.75, 3.05) is 7.11 Å². The van der Waals surface area contributed by atoms with Gasteiger partial charge >= 0.3 is 5.82 Å². The average molecular weight is 341 g/mol. The second kappa shape index (κ2) is 6.87. The summed E-state index contributed by atoms with van der Waals surface area (Å²) in [5.41, 5.74) is 1.01. The number of benzene rings is 2. The average Bonchev–Trinajstić information content (AvgIpc) is 2.97. The lowest BCUT2D eigenvalue weighted by molar-refractivity contribution is -0.391. The molecule has 0 atom stereocenters. The standard InChI is InChI=1S/C16H15N5O4/c1-25-14-9-5-6-12(10-14)11-17-15-16(21(23)24)18-19(20(15)22)13-7-3-2-4-8-13/h2-10,22H,11H2,1H3. The van der Waals surface area contributed by atoms with E-state index in [4.69, 9.17) is 4.74 Å². The van der Waals surface area contributed by atoms with Gasteiger partial charge in [0.2, 0.25) is 0 Å². The third kappa shape index (κ3) is 3.34. The van der Waals surface area contributed by atoms with Crippen LogP contribution >= 0.6 is 0 Å². The Hall–Kier alpha value is -3.62. The number of ether oxygens (including phenoxy) is 1. The van der Waals surface area contributed by atoms with Gasteiger partial charge in [-0.1, -0.05) is 35.2 Å². The fourth-order valence-corrected chi connectivity index (χ4v) is 2.27. The van der Waals surface area contributed by atoms with Crippen LogP contribution in [0.2, 0.25) is 0 Å². The summed E-state index contributed by atoms with van der Waals surface area (Å²) in [4.78, 5) is 16.3. The Morgan fingerprint density at radius 2 is 2.00 bits per heavy atom. The molecule has 3 aromatic rings. The third-order valence-corrected chi connectivity index (χ3v) is 3.46. The molecule has 0 amide bonds. The van der Waals surface area contributed by atoms with Gasteiger partial charge in [0.1, 0.15) is 11.4 Å². The first-order valence-corrected chi connectivity index (χ1v) is 7.35. The van der Waals surface area contributed by atoms with Crippen LogP contribution in [-0.2, 0) is 6.54 Å². The fourth-order valence-electron chi connectivity index (χ4n) is 2.27. The molecule has 9 heteroatoms. The number of rotatable bonds is 5. The van der Waals surface area contributed by atoms with Crippen LogP contribution in [0.25, 0.3) is 5.69 Å². The summed E-state index contributed by atoms with van der Waals surface area (Å²) < 4.78 is 5.13. The second-order valence-corrected chi connectivity index (χ2v) is 5.09. The molecule has 0 saturated heterocycles.